The van der Waals surface area contributed by atoms with Gasteiger partial charge in [0.25, 0.3) is 0 Å². The van der Waals surface area contributed by atoms with E-state index in [-0.39, 0.29) is 0 Å². The van der Waals surface area contributed by atoms with Crippen molar-refractivity contribution >= 4 is 5.91 Å². The van der Waals surface area contributed by atoms with E-state index < -0.39 is 18.6 Å². The molecule has 1 atom stereocenters. The van der Waals surface area contributed by atoms with Gasteiger partial charge in [0.15, 0.2) is 0 Å². The van der Waals surface area contributed by atoms with Crippen molar-refractivity contribution in [2.24, 2.45) is 11.5 Å². The van der Waals surface area contributed by atoms with Crippen LogP contribution in [-0.2, 0) is 6.42 Å². The lowest BCUT2D eigenvalue weighted by molar-refractivity contribution is 0.100. The number of primary amides is 1. The summed E-state index contributed by atoms with van der Waals surface area (Å²) in [5.74, 6) is -0.466. The van der Waals surface area contributed by atoms with E-state index in [1.165, 1.54) is 0 Å². The fourth-order valence-corrected chi connectivity index (χ4v) is 1.16. The van der Waals surface area contributed by atoms with E-state index >= 15 is 0 Å². The topological polar surface area (TPSA) is 69.1 Å². The van der Waals surface area contributed by atoms with Gasteiger partial charge in [0, 0.05) is 11.6 Å². The average Bonchev–Trinajstić information content (AvgIpc) is 2.18. The van der Waals surface area contributed by atoms with Crippen LogP contribution in [0.1, 0.15) is 15.9 Å². The molecule has 0 saturated heterocycles. The molecule has 1 amide bonds. The zero-order chi connectivity index (χ0) is 10.6. The summed E-state index contributed by atoms with van der Waals surface area (Å²) < 4.78 is 12.1. The van der Waals surface area contributed by atoms with E-state index in [0.717, 1.165) is 5.56 Å². The van der Waals surface area contributed by atoms with Crippen LogP contribution in [0.5, 0.6) is 0 Å². The van der Waals surface area contributed by atoms with Gasteiger partial charge >= 0.3 is 0 Å². The summed E-state index contributed by atoms with van der Waals surface area (Å²) in [6.07, 6.45) is 0.468. The summed E-state index contributed by atoms with van der Waals surface area (Å²) in [5.41, 5.74) is 11.9. The number of hydrogen-bond donors (Lipinski definition) is 2. The molecule has 0 spiro atoms. The van der Waals surface area contributed by atoms with Gasteiger partial charge in [-0.25, -0.2) is 4.39 Å². The first-order valence-electron chi connectivity index (χ1n) is 4.33. The molecule has 4 heteroatoms. The molecular weight excluding hydrogens is 183 g/mol. The lowest BCUT2D eigenvalue weighted by Crippen LogP contribution is -2.24. The number of benzene rings is 1. The van der Waals surface area contributed by atoms with Crippen LogP contribution in [0, 0.1) is 0 Å². The van der Waals surface area contributed by atoms with Crippen LogP contribution in [0.25, 0.3) is 0 Å². The number of carbonyl (C=O) groups excluding carboxylic acids is 1. The number of nitrogens with two attached hydrogens (primary N) is 2. The van der Waals surface area contributed by atoms with Crippen LogP contribution in [0.4, 0.5) is 4.39 Å². The molecule has 1 aromatic rings. The molecule has 0 saturated carbocycles. The molecule has 0 aliphatic carbocycles. The maximum Gasteiger partial charge on any atom is 0.248 e. The molecule has 14 heavy (non-hydrogen) atoms. The summed E-state index contributed by atoms with van der Waals surface area (Å²) in [6.45, 7) is -0.544. The quantitative estimate of drug-likeness (QED) is 0.741. The highest BCUT2D eigenvalue weighted by atomic mass is 19.1. The Morgan fingerprint density at radius 3 is 2.36 bits per heavy atom. The van der Waals surface area contributed by atoms with Crippen LogP contribution < -0.4 is 11.5 Å². The molecule has 0 radical (unpaired) electrons. The van der Waals surface area contributed by atoms with Gasteiger partial charge in [-0.1, -0.05) is 12.1 Å². The minimum Gasteiger partial charge on any atom is -0.366 e. The third-order valence-corrected chi connectivity index (χ3v) is 1.93. The third-order valence-electron chi connectivity index (χ3n) is 1.93. The average molecular weight is 196 g/mol. The molecular formula is C10H13FN2O. The van der Waals surface area contributed by atoms with Crippen molar-refractivity contribution in [2.75, 3.05) is 6.67 Å². The Balaban J connectivity index is 2.68. The fourth-order valence-electron chi connectivity index (χ4n) is 1.16. The van der Waals surface area contributed by atoms with Crippen LogP contribution >= 0.6 is 0 Å². The van der Waals surface area contributed by atoms with Crippen molar-refractivity contribution < 1.29 is 9.18 Å². The number of halogens is 1. The molecule has 0 heterocycles. The van der Waals surface area contributed by atoms with E-state index in [9.17, 15) is 9.18 Å². The third kappa shape index (κ3) is 2.81. The first kappa shape index (κ1) is 10.7. The molecule has 0 fully saturated rings. The second kappa shape index (κ2) is 4.72. The van der Waals surface area contributed by atoms with Gasteiger partial charge in [0.1, 0.15) is 6.67 Å². The second-order valence-corrected chi connectivity index (χ2v) is 3.18. The smallest absolute Gasteiger partial charge is 0.248 e. The monoisotopic (exact) mass is 196 g/mol. The predicted molar refractivity (Wildman–Crippen MR) is 52.6 cm³/mol. The SMILES string of the molecule is NC(=O)c1ccc(C[C@H](N)CF)cc1. The van der Waals surface area contributed by atoms with Gasteiger partial charge in [-0.2, -0.15) is 0 Å². The number of alkyl halides is 1. The number of rotatable bonds is 4. The zero-order valence-electron chi connectivity index (χ0n) is 7.74. The van der Waals surface area contributed by atoms with Gasteiger partial charge < -0.3 is 11.5 Å². The molecule has 0 bridgehead atoms. The Bertz CT molecular complexity index is 310. The number of hydrogen-bond acceptors (Lipinski definition) is 2. The molecule has 0 aliphatic rings. The van der Waals surface area contributed by atoms with E-state index in [4.69, 9.17) is 11.5 Å². The number of carbonyl (C=O) groups is 1. The minimum atomic E-state index is -0.544. The van der Waals surface area contributed by atoms with E-state index in [0.29, 0.717) is 12.0 Å². The molecule has 0 aromatic heterocycles. The van der Waals surface area contributed by atoms with Crippen molar-refractivity contribution in [2.45, 2.75) is 12.5 Å². The second-order valence-electron chi connectivity index (χ2n) is 3.18. The van der Waals surface area contributed by atoms with E-state index in [1.54, 1.807) is 24.3 Å². The first-order valence-corrected chi connectivity index (χ1v) is 4.33. The molecule has 4 N–H and O–H groups in total. The van der Waals surface area contributed by atoms with E-state index in [1.807, 2.05) is 0 Å². The van der Waals surface area contributed by atoms with Crippen molar-refractivity contribution in [3.8, 4) is 0 Å². The molecule has 0 aliphatic heterocycles. The van der Waals surface area contributed by atoms with Crippen LogP contribution in [0.2, 0.25) is 0 Å². The highest BCUT2D eigenvalue weighted by Gasteiger charge is 2.04. The van der Waals surface area contributed by atoms with Crippen molar-refractivity contribution in [3.05, 3.63) is 35.4 Å². The summed E-state index contributed by atoms with van der Waals surface area (Å²) in [7, 11) is 0. The summed E-state index contributed by atoms with van der Waals surface area (Å²) in [4.78, 5) is 10.7. The lowest BCUT2D eigenvalue weighted by Gasteiger charge is -2.06. The lowest BCUT2D eigenvalue weighted by atomic mass is 10.1. The molecule has 3 nitrogen and oxygen atoms in total. The van der Waals surface area contributed by atoms with Gasteiger partial charge in [0.2, 0.25) is 5.91 Å². The van der Waals surface area contributed by atoms with Crippen molar-refractivity contribution in [1.29, 1.82) is 0 Å². The van der Waals surface area contributed by atoms with Gasteiger partial charge in [0.05, 0.1) is 0 Å². The maximum absolute atomic E-state index is 12.1. The van der Waals surface area contributed by atoms with Crippen molar-refractivity contribution in [1.82, 2.24) is 0 Å². The van der Waals surface area contributed by atoms with Gasteiger partial charge in [-0.3, -0.25) is 4.79 Å². The number of amides is 1. The Kier molecular flexibility index (Phi) is 3.59. The van der Waals surface area contributed by atoms with E-state index in [2.05, 4.69) is 0 Å². The van der Waals surface area contributed by atoms with Crippen LogP contribution in [-0.4, -0.2) is 18.6 Å². The summed E-state index contributed by atoms with van der Waals surface area (Å²) in [5, 5.41) is 0. The summed E-state index contributed by atoms with van der Waals surface area (Å²) >= 11 is 0. The Labute approximate surface area is 81.9 Å². The summed E-state index contributed by atoms with van der Waals surface area (Å²) in [6, 6.07) is 6.21. The van der Waals surface area contributed by atoms with Gasteiger partial charge in [-0.05, 0) is 24.1 Å². The Morgan fingerprint density at radius 2 is 1.93 bits per heavy atom. The van der Waals surface area contributed by atoms with Crippen LogP contribution in [0.15, 0.2) is 24.3 Å². The molecule has 1 rings (SSSR count). The van der Waals surface area contributed by atoms with Crippen molar-refractivity contribution in [3.63, 3.8) is 0 Å². The largest absolute Gasteiger partial charge is 0.366 e. The molecule has 76 valence electrons. The van der Waals surface area contributed by atoms with Crippen LogP contribution in [0.3, 0.4) is 0 Å². The highest BCUT2D eigenvalue weighted by molar-refractivity contribution is 5.92. The Hall–Kier alpha value is -1.42. The zero-order valence-corrected chi connectivity index (χ0v) is 7.74. The minimum absolute atomic E-state index is 0.447. The van der Waals surface area contributed by atoms with Gasteiger partial charge in [-0.15, -0.1) is 0 Å². The molecule has 1 aromatic carbocycles. The standard InChI is InChI=1S/C10H13FN2O/c11-6-9(12)5-7-1-3-8(4-2-7)10(13)14/h1-4,9H,5-6,12H2,(H2,13,14)/t9-/m0/s1. The maximum atomic E-state index is 12.1. The predicted octanol–water partition coefficient (Wildman–Crippen LogP) is 0.625. The first-order chi connectivity index (χ1) is 6.63. The Morgan fingerprint density at radius 1 is 1.36 bits per heavy atom. The highest BCUT2D eigenvalue weighted by Crippen LogP contribution is 2.06. The fraction of sp³-hybridized carbons (Fsp3) is 0.300. The molecule has 0 unspecified atom stereocenters. The normalized spacial score (nSPS) is 12.4.